The summed E-state index contributed by atoms with van der Waals surface area (Å²) in [6.45, 7) is 6.59. The van der Waals surface area contributed by atoms with Crippen LogP contribution in [0.5, 0.6) is 0 Å². The van der Waals surface area contributed by atoms with Gasteiger partial charge < -0.3 is 10.1 Å². The van der Waals surface area contributed by atoms with E-state index in [0.717, 1.165) is 32.0 Å². The zero-order valence-electron chi connectivity index (χ0n) is 8.92. The van der Waals surface area contributed by atoms with Crippen molar-refractivity contribution in [2.75, 3.05) is 25.1 Å². The molecule has 1 heterocycles. The number of aryl methyl sites for hydroxylation is 1. The maximum atomic E-state index is 5.23. The van der Waals surface area contributed by atoms with Gasteiger partial charge in [0.2, 0.25) is 0 Å². The molecule has 0 atom stereocenters. The third kappa shape index (κ3) is 4.23. The molecule has 0 saturated heterocycles. The van der Waals surface area contributed by atoms with Crippen molar-refractivity contribution in [3.05, 3.63) is 23.9 Å². The molecular formula is C11H18N2O. The first-order valence-electron chi connectivity index (χ1n) is 5.07. The Labute approximate surface area is 85.5 Å². The summed E-state index contributed by atoms with van der Waals surface area (Å²) in [7, 11) is 0. The smallest absolute Gasteiger partial charge is 0.126 e. The van der Waals surface area contributed by atoms with E-state index in [2.05, 4.69) is 17.2 Å². The molecule has 3 nitrogen and oxygen atoms in total. The molecule has 14 heavy (non-hydrogen) atoms. The van der Waals surface area contributed by atoms with E-state index < -0.39 is 0 Å². The highest BCUT2D eigenvalue weighted by Crippen LogP contribution is 2.04. The van der Waals surface area contributed by atoms with Gasteiger partial charge >= 0.3 is 0 Å². The summed E-state index contributed by atoms with van der Waals surface area (Å²) in [5.74, 6) is 0.946. The monoisotopic (exact) mass is 194 g/mol. The minimum Gasteiger partial charge on any atom is -0.382 e. The van der Waals surface area contributed by atoms with Gasteiger partial charge in [0.05, 0.1) is 0 Å². The molecule has 0 saturated carbocycles. The molecule has 1 aromatic heterocycles. The highest BCUT2D eigenvalue weighted by molar-refractivity contribution is 5.36. The maximum Gasteiger partial charge on any atom is 0.126 e. The fourth-order valence-corrected chi connectivity index (χ4v) is 1.17. The predicted octanol–water partition coefficient (Wildman–Crippen LogP) is 2.23. The lowest BCUT2D eigenvalue weighted by Gasteiger charge is -2.05. The van der Waals surface area contributed by atoms with Crippen LogP contribution in [0, 0.1) is 6.92 Å². The van der Waals surface area contributed by atoms with Gasteiger partial charge in [-0.3, -0.25) is 0 Å². The molecule has 0 aromatic carbocycles. The van der Waals surface area contributed by atoms with E-state index in [9.17, 15) is 0 Å². The molecule has 1 aromatic rings. The summed E-state index contributed by atoms with van der Waals surface area (Å²) < 4.78 is 5.23. The molecule has 1 rings (SSSR count). The first-order valence-corrected chi connectivity index (χ1v) is 5.07. The molecule has 0 aliphatic rings. The second kappa shape index (κ2) is 6.38. The Morgan fingerprint density at radius 2 is 2.36 bits per heavy atom. The zero-order chi connectivity index (χ0) is 10.2. The van der Waals surface area contributed by atoms with Gasteiger partial charge in [-0.05, 0) is 38.0 Å². The van der Waals surface area contributed by atoms with Gasteiger partial charge in [-0.2, -0.15) is 0 Å². The summed E-state index contributed by atoms with van der Waals surface area (Å²) in [6, 6.07) is 4.03. The Balaban J connectivity index is 2.18. The van der Waals surface area contributed by atoms with E-state index in [1.807, 2.05) is 25.3 Å². The van der Waals surface area contributed by atoms with Crippen molar-refractivity contribution in [3.8, 4) is 0 Å². The Kier molecular flexibility index (Phi) is 5.00. The summed E-state index contributed by atoms with van der Waals surface area (Å²) in [4.78, 5) is 4.21. The lowest BCUT2D eigenvalue weighted by molar-refractivity contribution is 0.147. The number of nitrogens with zero attached hydrogens (tertiary/aromatic N) is 1. The topological polar surface area (TPSA) is 34.1 Å². The van der Waals surface area contributed by atoms with E-state index in [4.69, 9.17) is 4.74 Å². The van der Waals surface area contributed by atoms with Crippen LogP contribution in [0.1, 0.15) is 18.9 Å². The Hall–Kier alpha value is -1.09. The predicted molar refractivity (Wildman–Crippen MR) is 58.6 cm³/mol. The summed E-state index contributed by atoms with van der Waals surface area (Å²) in [5, 5.41) is 3.25. The quantitative estimate of drug-likeness (QED) is 0.705. The summed E-state index contributed by atoms with van der Waals surface area (Å²) in [5.41, 5.74) is 1.23. The van der Waals surface area contributed by atoms with Gasteiger partial charge in [-0.1, -0.05) is 0 Å². The molecule has 0 bridgehead atoms. The lowest BCUT2D eigenvalue weighted by atomic mass is 10.3. The molecule has 0 fully saturated rings. The molecule has 0 aliphatic carbocycles. The van der Waals surface area contributed by atoms with Gasteiger partial charge in [-0.25, -0.2) is 4.98 Å². The fraction of sp³-hybridized carbons (Fsp3) is 0.545. The average molecular weight is 194 g/mol. The largest absolute Gasteiger partial charge is 0.382 e. The van der Waals surface area contributed by atoms with Gasteiger partial charge in [-0.15, -0.1) is 0 Å². The van der Waals surface area contributed by atoms with Gasteiger partial charge in [0.1, 0.15) is 5.82 Å². The highest BCUT2D eigenvalue weighted by atomic mass is 16.5. The standard InChI is InChI=1S/C11H18N2O/c1-3-14-8-4-6-12-11-9-10(2)5-7-13-11/h5,7,9H,3-4,6,8H2,1-2H3,(H,12,13). The fourth-order valence-electron chi connectivity index (χ4n) is 1.17. The first kappa shape index (κ1) is 11.0. The van der Waals surface area contributed by atoms with Crippen molar-refractivity contribution < 1.29 is 4.74 Å². The minimum atomic E-state index is 0.794. The van der Waals surface area contributed by atoms with Crippen molar-refractivity contribution >= 4 is 5.82 Å². The number of pyridine rings is 1. The summed E-state index contributed by atoms with van der Waals surface area (Å²) >= 11 is 0. The summed E-state index contributed by atoms with van der Waals surface area (Å²) in [6.07, 6.45) is 2.84. The van der Waals surface area contributed by atoms with E-state index in [-0.39, 0.29) is 0 Å². The molecular weight excluding hydrogens is 176 g/mol. The van der Waals surface area contributed by atoms with Gasteiger partial charge in [0, 0.05) is 26.0 Å². The third-order valence-corrected chi connectivity index (χ3v) is 1.89. The lowest BCUT2D eigenvalue weighted by Crippen LogP contribution is -2.06. The Bertz CT molecular complexity index is 263. The van der Waals surface area contributed by atoms with Crippen molar-refractivity contribution in [1.82, 2.24) is 4.98 Å². The van der Waals surface area contributed by atoms with Crippen LogP contribution in [0.2, 0.25) is 0 Å². The normalized spacial score (nSPS) is 10.1. The number of nitrogens with one attached hydrogen (secondary N) is 1. The SMILES string of the molecule is CCOCCCNc1cc(C)ccn1. The van der Waals surface area contributed by atoms with Crippen LogP contribution < -0.4 is 5.32 Å². The molecule has 0 aliphatic heterocycles. The molecule has 1 N–H and O–H groups in total. The van der Waals surface area contributed by atoms with E-state index in [1.54, 1.807) is 0 Å². The highest BCUT2D eigenvalue weighted by Gasteiger charge is 1.92. The molecule has 0 unspecified atom stereocenters. The van der Waals surface area contributed by atoms with Gasteiger partial charge in [0.25, 0.3) is 0 Å². The van der Waals surface area contributed by atoms with Crippen molar-refractivity contribution in [2.45, 2.75) is 20.3 Å². The number of hydrogen-bond acceptors (Lipinski definition) is 3. The zero-order valence-corrected chi connectivity index (χ0v) is 8.92. The van der Waals surface area contributed by atoms with Crippen LogP contribution in [0.25, 0.3) is 0 Å². The number of anilines is 1. The van der Waals surface area contributed by atoms with Crippen LogP contribution in [0.15, 0.2) is 18.3 Å². The average Bonchev–Trinajstić information content (AvgIpc) is 2.18. The maximum absolute atomic E-state index is 5.23. The van der Waals surface area contributed by atoms with Crippen molar-refractivity contribution in [3.63, 3.8) is 0 Å². The Morgan fingerprint density at radius 3 is 3.07 bits per heavy atom. The molecule has 78 valence electrons. The van der Waals surface area contributed by atoms with Crippen LogP contribution in [-0.4, -0.2) is 24.7 Å². The van der Waals surface area contributed by atoms with E-state index in [1.165, 1.54) is 5.56 Å². The van der Waals surface area contributed by atoms with E-state index >= 15 is 0 Å². The number of hydrogen-bond donors (Lipinski definition) is 1. The molecule has 0 spiro atoms. The third-order valence-electron chi connectivity index (χ3n) is 1.89. The second-order valence-electron chi connectivity index (χ2n) is 3.20. The van der Waals surface area contributed by atoms with Crippen LogP contribution in [0.3, 0.4) is 0 Å². The first-order chi connectivity index (χ1) is 6.83. The van der Waals surface area contributed by atoms with Gasteiger partial charge in [0.15, 0.2) is 0 Å². The van der Waals surface area contributed by atoms with E-state index in [0.29, 0.717) is 0 Å². The molecule has 0 radical (unpaired) electrons. The van der Waals surface area contributed by atoms with Crippen molar-refractivity contribution in [2.24, 2.45) is 0 Å². The number of aromatic nitrogens is 1. The van der Waals surface area contributed by atoms with Crippen molar-refractivity contribution in [1.29, 1.82) is 0 Å². The molecule has 0 amide bonds. The Morgan fingerprint density at radius 1 is 1.50 bits per heavy atom. The molecule has 3 heteroatoms. The number of ether oxygens (including phenoxy) is 1. The minimum absolute atomic E-state index is 0.794. The van der Waals surface area contributed by atoms with Crippen LogP contribution in [-0.2, 0) is 4.74 Å². The number of rotatable bonds is 6. The van der Waals surface area contributed by atoms with Crippen LogP contribution >= 0.6 is 0 Å². The van der Waals surface area contributed by atoms with Crippen LogP contribution in [0.4, 0.5) is 5.82 Å². The second-order valence-corrected chi connectivity index (χ2v) is 3.20.